The van der Waals surface area contributed by atoms with Gasteiger partial charge in [0.15, 0.2) is 5.13 Å². The second-order valence-electron chi connectivity index (χ2n) is 8.37. The van der Waals surface area contributed by atoms with E-state index >= 15 is 0 Å². The maximum Gasteiger partial charge on any atom is 0.266 e. The van der Waals surface area contributed by atoms with E-state index in [2.05, 4.69) is 60.5 Å². The van der Waals surface area contributed by atoms with E-state index in [1.807, 2.05) is 24.4 Å². The van der Waals surface area contributed by atoms with E-state index in [-0.39, 0.29) is 11.8 Å². The number of aromatic nitrogens is 1. The number of benzene rings is 2. The Hall–Kier alpha value is -2.81. The highest BCUT2D eigenvalue weighted by molar-refractivity contribution is 8.26. The van der Waals surface area contributed by atoms with Crippen molar-refractivity contribution < 1.29 is 9.59 Å². The number of hydrogen-bond donors (Lipinski definition) is 1. The van der Waals surface area contributed by atoms with Crippen molar-refractivity contribution >= 4 is 62.7 Å². The summed E-state index contributed by atoms with van der Waals surface area (Å²) < 4.78 is 0.535. The molecule has 5 nitrogen and oxygen atoms in total. The first-order valence-corrected chi connectivity index (χ1v) is 13.6. The average molecular weight is 522 g/mol. The van der Waals surface area contributed by atoms with Gasteiger partial charge < -0.3 is 5.32 Å². The maximum absolute atomic E-state index is 12.8. The minimum atomic E-state index is -0.113. The molecule has 0 saturated carbocycles. The predicted molar refractivity (Wildman–Crippen MR) is 150 cm³/mol. The molecule has 0 unspecified atom stereocenters. The van der Waals surface area contributed by atoms with Crippen LogP contribution in [0.15, 0.2) is 59.6 Å². The summed E-state index contributed by atoms with van der Waals surface area (Å²) in [7, 11) is 0. The fraction of sp³-hybridized carbons (Fsp3) is 0.259. The zero-order valence-electron chi connectivity index (χ0n) is 19.7. The Kier molecular flexibility index (Phi) is 8.49. The van der Waals surface area contributed by atoms with Gasteiger partial charge in [-0.25, -0.2) is 4.98 Å². The van der Waals surface area contributed by atoms with Crippen LogP contribution in [0.3, 0.4) is 0 Å². The smallest absolute Gasteiger partial charge is 0.266 e. The molecule has 2 aromatic carbocycles. The molecule has 1 N–H and O–H groups in total. The first-order chi connectivity index (χ1) is 16.9. The Labute approximate surface area is 219 Å². The SMILES string of the molecule is CCc1ccc(/C=C2/SC(=S)N(CCCC(=O)Nc3ncc(Cc4ccc(C)cc4)s3)C2=O)cc1. The van der Waals surface area contributed by atoms with Gasteiger partial charge in [-0.3, -0.25) is 14.5 Å². The van der Waals surface area contributed by atoms with Gasteiger partial charge in [-0.15, -0.1) is 11.3 Å². The van der Waals surface area contributed by atoms with Gasteiger partial charge in [0.1, 0.15) is 4.32 Å². The summed E-state index contributed by atoms with van der Waals surface area (Å²) in [6, 6.07) is 16.6. The lowest BCUT2D eigenvalue weighted by Gasteiger charge is -2.13. The van der Waals surface area contributed by atoms with Crippen molar-refractivity contribution in [1.29, 1.82) is 0 Å². The molecular formula is C27H27N3O2S3. The van der Waals surface area contributed by atoms with Crippen LogP contribution < -0.4 is 5.32 Å². The molecule has 2 amide bonds. The Bertz CT molecular complexity index is 1250. The number of carbonyl (C=O) groups is 2. The van der Waals surface area contributed by atoms with Crippen LogP contribution in [-0.4, -0.2) is 32.6 Å². The molecule has 35 heavy (non-hydrogen) atoms. The largest absolute Gasteiger partial charge is 0.302 e. The van der Waals surface area contributed by atoms with Crippen LogP contribution in [0.2, 0.25) is 0 Å². The summed E-state index contributed by atoms with van der Waals surface area (Å²) in [4.78, 5) is 32.9. The number of hydrogen-bond acceptors (Lipinski definition) is 6. The van der Waals surface area contributed by atoms with Crippen LogP contribution >= 0.6 is 35.3 Å². The van der Waals surface area contributed by atoms with Crippen LogP contribution in [0.5, 0.6) is 0 Å². The van der Waals surface area contributed by atoms with Gasteiger partial charge in [-0.05, 0) is 42.5 Å². The summed E-state index contributed by atoms with van der Waals surface area (Å²) in [6.45, 7) is 4.60. The van der Waals surface area contributed by atoms with Crippen molar-refractivity contribution in [2.24, 2.45) is 0 Å². The molecule has 2 heterocycles. The topological polar surface area (TPSA) is 62.3 Å². The number of amides is 2. The molecule has 1 saturated heterocycles. The molecule has 0 radical (unpaired) electrons. The average Bonchev–Trinajstić information content (AvgIpc) is 3.39. The number of anilines is 1. The second kappa shape index (κ2) is 11.7. The van der Waals surface area contributed by atoms with Crippen LogP contribution in [-0.2, 0) is 22.4 Å². The normalized spacial score (nSPS) is 14.7. The predicted octanol–water partition coefficient (Wildman–Crippen LogP) is 6.22. The highest BCUT2D eigenvalue weighted by Crippen LogP contribution is 2.32. The van der Waals surface area contributed by atoms with Crippen LogP contribution in [0, 0.1) is 6.92 Å². The lowest BCUT2D eigenvalue weighted by Crippen LogP contribution is -2.29. The third-order valence-electron chi connectivity index (χ3n) is 5.64. The molecule has 180 valence electrons. The highest BCUT2D eigenvalue weighted by atomic mass is 32.2. The third kappa shape index (κ3) is 6.87. The molecule has 0 aliphatic carbocycles. The number of nitrogens with zero attached hydrogens (tertiary/aromatic N) is 2. The van der Waals surface area contributed by atoms with Crippen molar-refractivity contribution in [2.45, 2.75) is 39.5 Å². The van der Waals surface area contributed by atoms with Crippen molar-refractivity contribution in [3.63, 3.8) is 0 Å². The van der Waals surface area contributed by atoms with Crippen molar-refractivity contribution in [3.05, 3.63) is 86.8 Å². The minimum Gasteiger partial charge on any atom is -0.302 e. The number of rotatable bonds is 9. The molecule has 1 aliphatic rings. The zero-order valence-corrected chi connectivity index (χ0v) is 22.2. The standard InChI is InChI=1S/C27H27N3O2S3/c1-3-19-10-12-21(13-11-19)16-23-25(32)30(27(33)35-23)14-4-5-24(31)29-26-28-17-22(34-26)15-20-8-6-18(2)7-9-20/h6-13,16-17H,3-5,14-15H2,1-2H3,(H,28,29,31)/b23-16+. The van der Waals surface area contributed by atoms with Crippen LogP contribution in [0.1, 0.15) is 46.9 Å². The van der Waals surface area contributed by atoms with Crippen molar-refractivity contribution in [1.82, 2.24) is 9.88 Å². The second-order valence-corrected chi connectivity index (χ2v) is 11.2. The fourth-order valence-corrected chi connectivity index (χ4v) is 5.80. The maximum atomic E-state index is 12.8. The molecule has 0 spiro atoms. The van der Waals surface area contributed by atoms with E-state index in [9.17, 15) is 9.59 Å². The van der Waals surface area contributed by atoms with Gasteiger partial charge >= 0.3 is 0 Å². The summed E-state index contributed by atoms with van der Waals surface area (Å²) in [5.74, 6) is -0.209. The van der Waals surface area contributed by atoms with E-state index in [0.717, 1.165) is 23.3 Å². The van der Waals surface area contributed by atoms with Gasteiger partial charge in [0.25, 0.3) is 5.91 Å². The van der Waals surface area contributed by atoms with E-state index < -0.39 is 0 Å². The Morgan fingerprint density at radius 3 is 2.54 bits per heavy atom. The Morgan fingerprint density at radius 2 is 1.83 bits per heavy atom. The lowest BCUT2D eigenvalue weighted by atomic mass is 10.1. The lowest BCUT2D eigenvalue weighted by molar-refractivity contribution is -0.122. The zero-order chi connectivity index (χ0) is 24.8. The molecular weight excluding hydrogens is 495 g/mol. The Morgan fingerprint density at radius 1 is 1.11 bits per heavy atom. The highest BCUT2D eigenvalue weighted by Gasteiger charge is 2.31. The van der Waals surface area contributed by atoms with Crippen molar-refractivity contribution in [2.75, 3.05) is 11.9 Å². The monoisotopic (exact) mass is 521 g/mol. The van der Waals surface area contributed by atoms with Gasteiger partial charge in [-0.1, -0.05) is 85.0 Å². The molecule has 1 aliphatic heterocycles. The van der Waals surface area contributed by atoms with Gasteiger partial charge in [-0.2, -0.15) is 0 Å². The first-order valence-electron chi connectivity index (χ1n) is 11.6. The minimum absolute atomic E-state index is 0.0966. The summed E-state index contributed by atoms with van der Waals surface area (Å²) in [5.41, 5.74) is 4.68. The number of nitrogens with one attached hydrogen (secondary N) is 1. The van der Waals surface area contributed by atoms with Crippen LogP contribution in [0.4, 0.5) is 5.13 Å². The van der Waals surface area contributed by atoms with Crippen LogP contribution in [0.25, 0.3) is 6.08 Å². The molecule has 1 aromatic heterocycles. The molecule has 0 atom stereocenters. The van der Waals surface area contributed by atoms with Gasteiger partial charge in [0, 0.05) is 30.5 Å². The summed E-state index contributed by atoms with van der Waals surface area (Å²) >= 11 is 8.21. The number of aryl methyl sites for hydroxylation is 2. The number of carbonyl (C=O) groups excluding carboxylic acids is 2. The van der Waals surface area contributed by atoms with E-state index in [1.165, 1.54) is 39.8 Å². The third-order valence-corrected chi connectivity index (χ3v) is 7.93. The van der Waals surface area contributed by atoms with Crippen molar-refractivity contribution in [3.8, 4) is 0 Å². The van der Waals surface area contributed by atoms with Gasteiger partial charge in [0.05, 0.1) is 4.91 Å². The van der Waals surface area contributed by atoms with E-state index in [0.29, 0.717) is 33.7 Å². The number of thiazole rings is 1. The molecule has 0 bridgehead atoms. The quantitative estimate of drug-likeness (QED) is 0.267. The Balaban J connectivity index is 1.25. The molecule has 1 fully saturated rings. The first kappa shape index (κ1) is 25.3. The fourth-order valence-electron chi connectivity index (χ4n) is 3.63. The van der Waals surface area contributed by atoms with E-state index in [1.54, 1.807) is 4.90 Å². The van der Waals surface area contributed by atoms with Gasteiger partial charge in [0.2, 0.25) is 5.91 Å². The summed E-state index contributed by atoms with van der Waals surface area (Å²) in [6.07, 6.45) is 6.27. The number of thioether (sulfide) groups is 1. The molecule has 3 aromatic rings. The van der Waals surface area contributed by atoms with E-state index in [4.69, 9.17) is 12.2 Å². The molecule has 8 heteroatoms. The number of thiocarbonyl (C=S) groups is 1. The summed E-state index contributed by atoms with van der Waals surface area (Å²) in [5, 5.41) is 3.47. The molecule has 4 rings (SSSR count).